The van der Waals surface area contributed by atoms with Crippen molar-refractivity contribution >= 4 is 34.7 Å². The van der Waals surface area contributed by atoms with Crippen LogP contribution in [-0.4, -0.2) is 25.7 Å². The Balaban J connectivity index is 1.38. The van der Waals surface area contributed by atoms with Crippen LogP contribution in [0, 0.1) is 20.8 Å². The van der Waals surface area contributed by atoms with Crippen LogP contribution in [0.2, 0.25) is 0 Å². The molecule has 2 heterocycles. The van der Waals surface area contributed by atoms with Gasteiger partial charge in [-0.1, -0.05) is 41.6 Å². The van der Waals surface area contributed by atoms with E-state index in [1.54, 1.807) is 11.8 Å². The third-order valence-corrected chi connectivity index (χ3v) is 6.51. The lowest BCUT2D eigenvalue weighted by Gasteiger charge is -2.08. The van der Waals surface area contributed by atoms with Gasteiger partial charge in [0.2, 0.25) is 5.91 Å². The van der Waals surface area contributed by atoms with Crippen LogP contribution in [-0.2, 0) is 17.0 Å². The van der Waals surface area contributed by atoms with Crippen LogP contribution in [0.1, 0.15) is 27.7 Å². The molecule has 158 valence electrons. The highest BCUT2D eigenvalue weighted by atomic mass is 32.2. The number of thiazole rings is 1. The molecule has 0 unspecified atom stereocenters. The van der Waals surface area contributed by atoms with Gasteiger partial charge < -0.3 is 5.32 Å². The topological polar surface area (TPSA) is 72.7 Å². The molecule has 1 N–H and O–H groups in total. The van der Waals surface area contributed by atoms with Gasteiger partial charge in [0.05, 0.1) is 12.1 Å². The Morgan fingerprint density at radius 2 is 1.87 bits per heavy atom. The van der Waals surface area contributed by atoms with Gasteiger partial charge in [0.1, 0.15) is 10.8 Å². The van der Waals surface area contributed by atoms with Gasteiger partial charge in [0.25, 0.3) is 0 Å². The Morgan fingerprint density at radius 1 is 1.06 bits per heavy atom. The summed E-state index contributed by atoms with van der Waals surface area (Å²) in [6.07, 6.45) is 0.266. The number of benzene rings is 2. The van der Waals surface area contributed by atoms with Gasteiger partial charge in [-0.3, -0.25) is 9.36 Å². The summed E-state index contributed by atoms with van der Waals surface area (Å²) in [6, 6.07) is 16.0. The lowest BCUT2D eigenvalue weighted by atomic mass is 10.2. The molecule has 0 saturated carbocycles. The molecule has 0 radical (unpaired) electrons. The number of aryl methyl sites for hydroxylation is 3. The zero-order chi connectivity index (χ0) is 21.8. The number of rotatable bonds is 7. The summed E-state index contributed by atoms with van der Waals surface area (Å²) in [5, 5.41) is 15.1. The fraction of sp³-hybridized carbons (Fsp3) is 0.217. The largest absolute Gasteiger partial charge is 0.326 e. The molecule has 4 rings (SSSR count). The van der Waals surface area contributed by atoms with Crippen molar-refractivity contribution in [2.24, 2.45) is 0 Å². The molecule has 1 amide bonds. The second-order valence-electron chi connectivity index (χ2n) is 7.32. The Bertz CT molecular complexity index is 1200. The highest BCUT2D eigenvalue weighted by Crippen LogP contribution is 2.26. The van der Waals surface area contributed by atoms with Gasteiger partial charge in [-0.15, -0.1) is 21.5 Å². The molecule has 0 fully saturated rings. The van der Waals surface area contributed by atoms with Crippen LogP contribution in [0.15, 0.2) is 59.1 Å². The van der Waals surface area contributed by atoms with Crippen LogP contribution >= 0.6 is 23.1 Å². The molecule has 0 bridgehead atoms. The van der Waals surface area contributed by atoms with Crippen molar-refractivity contribution in [3.05, 3.63) is 81.6 Å². The molecule has 0 aliphatic heterocycles. The van der Waals surface area contributed by atoms with Gasteiger partial charge in [0, 0.05) is 22.5 Å². The maximum absolute atomic E-state index is 12.3. The number of amides is 1. The summed E-state index contributed by atoms with van der Waals surface area (Å²) >= 11 is 3.10. The van der Waals surface area contributed by atoms with Crippen LogP contribution in [0.25, 0.3) is 5.69 Å². The van der Waals surface area contributed by atoms with Crippen molar-refractivity contribution < 1.29 is 4.79 Å². The Kier molecular flexibility index (Phi) is 6.48. The van der Waals surface area contributed by atoms with Crippen LogP contribution in [0.3, 0.4) is 0 Å². The lowest BCUT2D eigenvalue weighted by Crippen LogP contribution is -2.14. The fourth-order valence-electron chi connectivity index (χ4n) is 3.12. The Morgan fingerprint density at radius 3 is 2.65 bits per heavy atom. The molecule has 0 saturated heterocycles. The first-order valence-corrected chi connectivity index (χ1v) is 11.8. The number of thioether (sulfide) groups is 1. The molecule has 0 atom stereocenters. The van der Waals surface area contributed by atoms with Crippen molar-refractivity contribution in [3.8, 4) is 5.69 Å². The van der Waals surface area contributed by atoms with Crippen molar-refractivity contribution in [2.45, 2.75) is 38.1 Å². The number of nitrogens with one attached hydrogen (secondary N) is 1. The third kappa shape index (κ3) is 5.39. The summed E-state index contributed by atoms with van der Waals surface area (Å²) < 4.78 is 2.06. The number of nitrogens with zero attached hydrogens (tertiary/aromatic N) is 4. The summed E-state index contributed by atoms with van der Waals surface area (Å²) in [5.41, 5.74) is 5.14. The molecule has 8 heteroatoms. The maximum Gasteiger partial charge on any atom is 0.231 e. The highest BCUT2D eigenvalue weighted by molar-refractivity contribution is 7.98. The first-order valence-electron chi connectivity index (χ1n) is 9.89. The second kappa shape index (κ2) is 9.45. The molecule has 0 spiro atoms. The number of hydrogen-bond acceptors (Lipinski definition) is 6. The molecule has 2 aromatic carbocycles. The molecular weight excluding hydrogens is 426 g/mol. The monoisotopic (exact) mass is 449 g/mol. The van der Waals surface area contributed by atoms with Crippen LogP contribution < -0.4 is 5.32 Å². The smallest absolute Gasteiger partial charge is 0.231 e. The molecule has 0 aliphatic rings. The average Bonchev–Trinajstić information content (AvgIpc) is 3.34. The molecule has 6 nitrogen and oxygen atoms in total. The van der Waals surface area contributed by atoms with E-state index in [1.165, 1.54) is 16.9 Å². The van der Waals surface area contributed by atoms with Crippen molar-refractivity contribution in [2.75, 3.05) is 5.32 Å². The Labute approximate surface area is 189 Å². The van der Waals surface area contributed by atoms with E-state index in [0.29, 0.717) is 5.75 Å². The molecule has 31 heavy (non-hydrogen) atoms. The van der Waals surface area contributed by atoms with E-state index < -0.39 is 0 Å². The minimum atomic E-state index is -0.0628. The lowest BCUT2D eigenvalue weighted by molar-refractivity contribution is -0.115. The van der Waals surface area contributed by atoms with Gasteiger partial charge >= 0.3 is 0 Å². The third-order valence-electron chi connectivity index (χ3n) is 4.65. The van der Waals surface area contributed by atoms with Gasteiger partial charge in [0.15, 0.2) is 5.16 Å². The normalized spacial score (nSPS) is 10.9. The number of carbonyl (C=O) groups excluding carboxylic acids is 1. The van der Waals surface area contributed by atoms with Crippen molar-refractivity contribution in [1.82, 2.24) is 19.7 Å². The quantitative estimate of drug-likeness (QED) is 0.396. The van der Waals surface area contributed by atoms with Crippen LogP contribution in [0.4, 0.5) is 5.69 Å². The number of aromatic nitrogens is 4. The van der Waals surface area contributed by atoms with E-state index in [0.717, 1.165) is 38.6 Å². The fourth-order valence-corrected chi connectivity index (χ4v) is 4.90. The number of carbonyl (C=O) groups is 1. The molecule has 4 aromatic rings. The van der Waals surface area contributed by atoms with Gasteiger partial charge in [-0.05, 0) is 50.6 Å². The highest BCUT2D eigenvalue weighted by Gasteiger charge is 2.14. The van der Waals surface area contributed by atoms with Gasteiger partial charge in [-0.2, -0.15) is 0 Å². The van der Waals surface area contributed by atoms with E-state index in [1.807, 2.05) is 49.6 Å². The van der Waals surface area contributed by atoms with Crippen molar-refractivity contribution in [1.29, 1.82) is 0 Å². The standard InChI is InChI=1S/C23H23N5OS2/c1-15-7-9-18(10-8-15)24-21(29)12-22-25-19(13-30-22)14-31-23-27-26-17(3)28(23)20-6-4-5-16(2)11-20/h4-11,13H,12,14H2,1-3H3,(H,24,29). The summed E-state index contributed by atoms with van der Waals surface area (Å²) in [4.78, 5) is 16.9. The predicted octanol–water partition coefficient (Wildman–Crippen LogP) is 5.12. The second-order valence-corrected chi connectivity index (χ2v) is 9.20. The number of hydrogen-bond donors (Lipinski definition) is 1. The maximum atomic E-state index is 12.3. The minimum absolute atomic E-state index is 0.0628. The van der Waals surface area contributed by atoms with Crippen molar-refractivity contribution in [3.63, 3.8) is 0 Å². The van der Waals surface area contributed by atoms with Gasteiger partial charge in [-0.25, -0.2) is 4.98 Å². The van der Waals surface area contributed by atoms with E-state index in [-0.39, 0.29) is 12.3 Å². The molecular formula is C23H23N5OS2. The average molecular weight is 450 g/mol. The molecule has 2 aromatic heterocycles. The number of anilines is 1. The summed E-state index contributed by atoms with van der Waals surface area (Å²) in [7, 11) is 0. The zero-order valence-electron chi connectivity index (χ0n) is 17.6. The van der Waals surface area contributed by atoms with Crippen LogP contribution in [0.5, 0.6) is 0 Å². The van der Waals surface area contributed by atoms with E-state index in [4.69, 9.17) is 0 Å². The molecule has 0 aliphatic carbocycles. The predicted molar refractivity (Wildman–Crippen MR) is 126 cm³/mol. The minimum Gasteiger partial charge on any atom is -0.326 e. The first kappa shape index (κ1) is 21.3. The van der Waals surface area contributed by atoms with E-state index in [9.17, 15) is 4.79 Å². The summed E-state index contributed by atoms with van der Waals surface area (Å²) in [5.74, 6) is 1.45. The zero-order valence-corrected chi connectivity index (χ0v) is 19.3. The summed E-state index contributed by atoms with van der Waals surface area (Å²) in [6.45, 7) is 6.04. The first-order chi connectivity index (χ1) is 15.0. The SMILES string of the molecule is Cc1ccc(NC(=O)Cc2nc(CSc3nnc(C)n3-c3cccc(C)c3)cs2)cc1. The van der Waals surface area contributed by atoms with E-state index in [2.05, 4.69) is 50.2 Å². The van der Waals surface area contributed by atoms with E-state index >= 15 is 0 Å². The Hall–Kier alpha value is -2.97.